The van der Waals surface area contributed by atoms with E-state index in [4.69, 9.17) is 4.74 Å². The first-order chi connectivity index (χ1) is 7.28. The van der Waals surface area contributed by atoms with Gasteiger partial charge in [-0.3, -0.25) is 4.68 Å². The number of hydrogen-bond donors (Lipinski definition) is 0. The van der Waals surface area contributed by atoms with Crippen LogP contribution in [-0.4, -0.2) is 20.0 Å². The second kappa shape index (κ2) is 4.71. The first-order valence-electron chi connectivity index (χ1n) is 4.47. The zero-order chi connectivity index (χ0) is 10.7. The van der Waals surface area contributed by atoms with Crippen LogP contribution < -0.4 is 4.74 Å². The smallest absolute Gasteiger partial charge is 0.300 e. The van der Waals surface area contributed by atoms with Crippen LogP contribution in [0.2, 0.25) is 0 Å². The summed E-state index contributed by atoms with van der Waals surface area (Å²) in [6, 6.07) is 0. The molecule has 2 heterocycles. The Morgan fingerprint density at radius 2 is 2.40 bits per heavy atom. The van der Waals surface area contributed by atoms with Crippen molar-refractivity contribution in [3.8, 4) is 10.9 Å². The van der Waals surface area contributed by atoms with Crippen molar-refractivity contribution < 1.29 is 4.74 Å². The van der Waals surface area contributed by atoms with Crippen LogP contribution >= 0.6 is 27.3 Å². The molecule has 0 amide bonds. The van der Waals surface area contributed by atoms with Gasteiger partial charge in [-0.2, -0.15) is 5.10 Å². The van der Waals surface area contributed by atoms with Gasteiger partial charge < -0.3 is 4.74 Å². The second-order valence-corrected chi connectivity index (χ2v) is 5.08. The Kier molecular flexibility index (Phi) is 3.32. The Labute approximate surface area is 99.2 Å². The summed E-state index contributed by atoms with van der Waals surface area (Å²) in [5.74, 6) is 0.687. The van der Waals surface area contributed by atoms with Crippen LogP contribution in [0.4, 0.5) is 0 Å². The van der Waals surface area contributed by atoms with Crippen LogP contribution in [0, 0.1) is 0 Å². The van der Waals surface area contributed by atoms with E-state index in [1.165, 1.54) is 11.3 Å². The van der Waals surface area contributed by atoms with E-state index in [9.17, 15) is 0 Å². The molecule has 0 atom stereocenters. The highest BCUT2D eigenvalue weighted by Crippen LogP contribution is 2.26. The van der Waals surface area contributed by atoms with Crippen molar-refractivity contribution in [3.05, 3.63) is 16.3 Å². The van der Waals surface area contributed by atoms with Crippen LogP contribution in [0.3, 0.4) is 0 Å². The lowest BCUT2D eigenvalue weighted by molar-refractivity contribution is 0.471. The van der Waals surface area contributed by atoms with E-state index in [0.717, 1.165) is 13.0 Å². The summed E-state index contributed by atoms with van der Waals surface area (Å²) in [7, 11) is 0. The largest absolute Gasteiger partial charge is 0.426 e. The summed E-state index contributed by atoms with van der Waals surface area (Å²) in [5.41, 5.74) is 0. The van der Waals surface area contributed by atoms with E-state index in [1.54, 1.807) is 6.20 Å². The van der Waals surface area contributed by atoms with Crippen molar-refractivity contribution in [1.82, 2.24) is 20.0 Å². The molecule has 2 rings (SSSR count). The van der Waals surface area contributed by atoms with E-state index >= 15 is 0 Å². The van der Waals surface area contributed by atoms with Crippen molar-refractivity contribution in [2.45, 2.75) is 19.9 Å². The SMILES string of the molecule is CCCn1cc(Oc2nnc(Br)s2)cn1. The standard InChI is InChI=1S/C8H9BrN4OS/c1-2-3-13-5-6(4-10-13)14-8-12-11-7(9)15-8/h4-5H,2-3H2,1H3. The number of aromatic nitrogens is 4. The summed E-state index contributed by atoms with van der Waals surface area (Å²) in [4.78, 5) is 0. The van der Waals surface area contributed by atoms with Gasteiger partial charge in [-0.05, 0) is 33.7 Å². The number of aryl methyl sites for hydroxylation is 1. The van der Waals surface area contributed by atoms with E-state index < -0.39 is 0 Å². The molecule has 0 aliphatic rings. The van der Waals surface area contributed by atoms with Crippen LogP contribution in [0.15, 0.2) is 16.3 Å². The minimum Gasteiger partial charge on any atom is -0.426 e. The maximum absolute atomic E-state index is 5.46. The molecule has 2 aromatic rings. The van der Waals surface area contributed by atoms with Gasteiger partial charge in [-0.15, -0.1) is 5.10 Å². The molecule has 5 nitrogen and oxygen atoms in total. The van der Waals surface area contributed by atoms with Gasteiger partial charge in [0.1, 0.15) is 0 Å². The van der Waals surface area contributed by atoms with Crippen LogP contribution in [0.1, 0.15) is 13.3 Å². The van der Waals surface area contributed by atoms with Crippen molar-refractivity contribution in [1.29, 1.82) is 0 Å². The fourth-order valence-corrected chi connectivity index (χ4v) is 2.02. The average Bonchev–Trinajstić information content (AvgIpc) is 2.78. The van der Waals surface area contributed by atoms with E-state index in [1.807, 2.05) is 10.9 Å². The summed E-state index contributed by atoms with van der Waals surface area (Å²) in [6.07, 6.45) is 4.56. The zero-order valence-corrected chi connectivity index (χ0v) is 10.5. The summed E-state index contributed by atoms with van der Waals surface area (Å²) in [5, 5.41) is 12.3. The van der Waals surface area contributed by atoms with Gasteiger partial charge in [0.05, 0.1) is 12.4 Å². The predicted octanol–water partition coefficient (Wildman–Crippen LogP) is 2.70. The Morgan fingerprint density at radius 1 is 1.53 bits per heavy atom. The molecule has 0 saturated heterocycles. The van der Waals surface area contributed by atoms with Crippen molar-refractivity contribution in [3.63, 3.8) is 0 Å². The molecule has 0 aromatic carbocycles. The molecule has 0 saturated carbocycles. The van der Waals surface area contributed by atoms with Gasteiger partial charge >= 0.3 is 0 Å². The number of rotatable bonds is 4. The summed E-state index contributed by atoms with van der Waals surface area (Å²) < 4.78 is 8.00. The lowest BCUT2D eigenvalue weighted by Gasteiger charge is -1.95. The van der Waals surface area contributed by atoms with Crippen molar-refractivity contribution in [2.24, 2.45) is 0 Å². The van der Waals surface area contributed by atoms with E-state index in [0.29, 0.717) is 14.9 Å². The highest BCUT2D eigenvalue weighted by Gasteiger charge is 2.05. The third-order valence-corrected chi connectivity index (χ3v) is 2.88. The van der Waals surface area contributed by atoms with Gasteiger partial charge in [0, 0.05) is 6.54 Å². The topological polar surface area (TPSA) is 52.8 Å². The number of ether oxygens (including phenoxy) is 1. The maximum atomic E-state index is 5.46. The monoisotopic (exact) mass is 288 g/mol. The van der Waals surface area contributed by atoms with Gasteiger partial charge in [0.25, 0.3) is 5.19 Å². The quantitative estimate of drug-likeness (QED) is 0.868. The molecule has 0 N–H and O–H groups in total. The Hall–Kier alpha value is -0.950. The molecule has 0 spiro atoms. The van der Waals surface area contributed by atoms with Crippen molar-refractivity contribution in [2.75, 3.05) is 0 Å². The Bertz CT molecular complexity index is 441. The number of hydrogen-bond acceptors (Lipinski definition) is 5. The maximum Gasteiger partial charge on any atom is 0.300 e. The molecule has 0 fully saturated rings. The van der Waals surface area contributed by atoms with E-state index in [2.05, 4.69) is 38.1 Å². The molecule has 2 aromatic heterocycles. The molecule has 15 heavy (non-hydrogen) atoms. The molecule has 0 radical (unpaired) electrons. The fourth-order valence-electron chi connectivity index (χ4n) is 1.08. The van der Waals surface area contributed by atoms with Crippen molar-refractivity contribution >= 4 is 27.3 Å². The summed E-state index contributed by atoms with van der Waals surface area (Å²) >= 11 is 4.56. The lowest BCUT2D eigenvalue weighted by atomic mass is 10.5. The van der Waals surface area contributed by atoms with Gasteiger partial charge in [0.15, 0.2) is 9.67 Å². The Morgan fingerprint density at radius 3 is 3.07 bits per heavy atom. The average molecular weight is 289 g/mol. The molecular weight excluding hydrogens is 280 g/mol. The van der Waals surface area contributed by atoms with E-state index in [-0.39, 0.29) is 0 Å². The summed E-state index contributed by atoms with van der Waals surface area (Å²) in [6.45, 7) is 2.99. The Balaban J connectivity index is 2.04. The number of nitrogens with zero attached hydrogens (tertiary/aromatic N) is 4. The van der Waals surface area contributed by atoms with Crippen LogP contribution in [0.5, 0.6) is 10.9 Å². The minimum atomic E-state index is 0.512. The lowest BCUT2D eigenvalue weighted by Crippen LogP contribution is -1.95. The minimum absolute atomic E-state index is 0.512. The molecule has 0 aliphatic carbocycles. The molecule has 0 bridgehead atoms. The third-order valence-electron chi connectivity index (χ3n) is 1.65. The van der Waals surface area contributed by atoms with Crippen LogP contribution in [-0.2, 0) is 6.54 Å². The molecule has 80 valence electrons. The normalized spacial score (nSPS) is 10.5. The highest BCUT2D eigenvalue weighted by atomic mass is 79.9. The highest BCUT2D eigenvalue weighted by molar-refractivity contribution is 9.11. The molecule has 0 aliphatic heterocycles. The third kappa shape index (κ3) is 2.75. The first kappa shape index (κ1) is 10.6. The molecule has 7 heteroatoms. The van der Waals surface area contributed by atoms with Crippen LogP contribution in [0.25, 0.3) is 0 Å². The van der Waals surface area contributed by atoms with Gasteiger partial charge in [-0.1, -0.05) is 12.0 Å². The predicted molar refractivity (Wildman–Crippen MR) is 60.2 cm³/mol. The van der Waals surface area contributed by atoms with Gasteiger partial charge in [-0.25, -0.2) is 0 Å². The fraction of sp³-hybridized carbons (Fsp3) is 0.375. The zero-order valence-electron chi connectivity index (χ0n) is 8.05. The second-order valence-electron chi connectivity index (χ2n) is 2.86. The number of halogens is 1. The van der Waals surface area contributed by atoms with Gasteiger partial charge in [0.2, 0.25) is 0 Å². The molecular formula is C8H9BrN4OS. The molecule has 0 unspecified atom stereocenters. The first-order valence-corrected chi connectivity index (χ1v) is 6.08.